The first-order valence-corrected chi connectivity index (χ1v) is 7.30. The number of nitrogens with one attached hydrogen (secondary N) is 1. The molecule has 128 valence electrons. The molecular weight excluding hydrogens is 333 g/mol. The highest BCUT2D eigenvalue weighted by molar-refractivity contribution is 5.95. The number of nitrogens with zero attached hydrogens (tertiary/aromatic N) is 3. The fourth-order valence-electron chi connectivity index (χ4n) is 2.20. The molecule has 0 aliphatic rings. The number of rotatable bonds is 3. The van der Waals surface area contributed by atoms with E-state index in [1.807, 2.05) is 12.2 Å². The molecule has 8 heteroatoms. The second-order valence-electron chi connectivity index (χ2n) is 5.35. The normalized spacial score (nSPS) is 11.4. The van der Waals surface area contributed by atoms with E-state index in [9.17, 15) is 18.0 Å². The second-order valence-corrected chi connectivity index (χ2v) is 5.35. The topological polar surface area (TPSA) is 59.8 Å². The lowest BCUT2D eigenvalue weighted by Crippen LogP contribution is -2.30. The van der Waals surface area contributed by atoms with Crippen LogP contribution in [0.15, 0.2) is 54.9 Å². The van der Waals surface area contributed by atoms with Crippen LogP contribution in [0.1, 0.15) is 5.56 Å². The largest absolute Gasteiger partial charge is 0.471 e. The van der Waals surface area contributed by atoms with E-state index in [2.05, 4.69) is 10.1 Å². The van der Waals surface area contributed by atoms with E-state index < -0.39 is 12.1 Å². The highest BCUT2D eigenvalue weighted by atomic mass is 19.4. The summed E-state index contributed by atoms with van der Waals surface area (Å²) in [7, 11) is 0. The first-order chi connectivity index (χ1) is 11.8. The summed E-state index contributed by atoms with van der Waals surface area (Å²) < 4.78 is 39.1. The Labute approximate surface area is 141 Å². The number of aromatic nitrogens is 3. The lowest BCUT2D eigenvalue weighted by Gasteiger charge is -2.10. The highest BCUT2D eigenvalue weighted by Crippen LogP contribution is 2.26. The third-order valence-electron chi connectivity index (χ3n) is 3.46. The zero-order chi connectivity index (χ0) is 18.0. The molecule has 1 aromatic carbocycles. The van der Waals surface area contributed by atoms with Gasteiger partial charge in [-0.15, -0.1) is 0 Å². The van der Waals surface area contributed by atoms with E-state index in [0.29, 0.717) is 16.9 Å². The van der Waals surface area contributed by atoms with Gasteiger partial charge in [0, 0.05) is 24.0 Å². The molecule has 25 heavy (non-hydrogen) atoms. The molecule has 0 atom stereocenters. The molecular formula is C17H13F3N4O. The molecule has 3 aromatic rings. The fourth-order valence-corrected chi connectivity index (χ4v) is 2.20. The monoisotopic (exact) mass is 346 g/mol. The molecule has 5 nitrogen and oxygen atoms in total. The zero-order valence-corrected chi connectivity index (χ0v) is 13.1. The summed E-state index contributed by atoms with van der Waals surface area (Å²) in [5.41, 5.74) is 2.61. The van der Waals surface area contributed by atoms with Crippen LogP contribution >= 0.6 is 0 Å². The first-order valence-electron chi connectivity index (χ1n) is 7.30. The van der Waals surface area contributed by atoms with Crippen molar-refractivity contribution in [3.63, 3.8) is 0 Å². The number of anilines is 1. The molecule has 0 fully saturated rings. The summed E-state index contributed by atoms with van der Waals surface area (Å²) in [6.45, 7) is 1.89. The van der Waals surface area contributed by atoms with Gasteiger partial charge in [-0.2, -0.15) is 18.3 Å². The molecule has 0 saturated carbocycles. The van der Waals surface area contributed by atoms with Crippen LogP contribution < -0.4 is 5.32 Å². The number of hydrogen-bond acceptors (Lipinski definition) is 3. The number of pyridine rings is 1. The van der Waals surface area contributed by atoms with Crippen LogP contribution in [0.2, 0.25) is 0 Å². The maximum absolute atomic E-state index is 12.6. The van der Waals surface area contributed by atoms with Crippen molar-refractivity contribution in [2.75, 3.05) is 5.32 Å². The third-order valence-corrected chi connectivity index (χ3v) is 3.46. The molecule has 0 aliphatic heterocycles. The summed E-state index contributed by atoms with van der Waals surface area (Å²) in [5, 5.41) is 6.20. The van der Waals surface area contributed by atoms with Crippen molar-refractivity contribution in [2.45, 2.75) is 13.1 Å². The highest BCUT2D eigenvalue weighted by Gasteiger charge is 2.39. The van der Waals surface area contributed by atoms with Gasteiger partial charge in [-0.25, -0.2) is 4.68 Å². The Hall–Kier alpha value is -3.16. The SMILES string of the molecule is Cc1ccc(-n2nc(-c3ccncc3)cc2NC(=O)C(F)(F)F)cc1. The van der Waals surface area contributed by atoms with E-state index in [-0.39, 0.29) is 5.82 Å². The molecule has 3 rings (SSSR count). The van der Waals surface area contributed by atoms with Gasteiger partial charge in [-0.1, -0.05) is 17.7 Å². The van der Waals surface area contributed by atoms with E-state index >= 15 is 0 Å². The number of aryl methyl sites for hydroxylation is 1. The van der Waals surface area contributed by atoms with Crippen molar-refractivity contribution in [2.24, 2.45) is 0 Å². The third kappa shape index (κ3) is 3.68. The van der Waals surface area contributed by atoms with Crippen LogP contribution in [0.25, 0.3) is 16.9 Å². The van der Waals surface area contributed by atoms with Crippen LogP contribution in [0.3, 0.4) is 0 Å². The minimum absolute atomic E-state index is 0.0713. The van der Waals surface area contributed by atoms with Gasteiger partial charge in [0.2, 0.25) is 0 Å². The van der Waals surface area contributed by atoms with Crippen molar-refractivity contribution in [1.29, 1.82) is 0 Å². The Bertz CT molecular complexity index is 887. The molecule has 1 N–H and O–H groups in total. The minimum Gasteiger partial charge on any atom is -0.303 e. The van der Waals surface area contributed by atoms with E-state index in [1.165, 1.54) is 10.7 Å². The van der Waals surface area contributed by atoms with Gasteiger partial charge >= 0.3 is 12.1 Å². The predicted octanol–water partition coefficient (Wildman–Crippen LogP) is 3.74. The number of benzene rings is 1. The Morgan fingerprint density at radius 1 is 1.08 bits per heavy atom. The van der Waals surface area contributed by atoms with Crippen molar-refractivity contribution < 1.29 is 18.0 Å². The standard InChI is InChI=1S/C17H13F3N4O/c1-11-2-4-13(5-3-11)24-15(22-16(25)17(18,19)20)10-14(23-24)12-6-8-21-9-7-12/h2-10H,1H3,(H,22,25). The Morgan fingerprint density at radius 2 is 1.72 bits per heavy atom. The van der Waals surface area contributed by atoms with Gasteiger partial charge < -0.3 is 5.32 Å². The molecule has 2 heterocycles. The van der Waals surface area contributed by atoms with Gasteiger partial charge in [0.05, 0.1) is 11.4 Å². The Kier molecular flexibility index (Phi) is 4.26. The number of amides is 1. The average Bonchev–Trinajstić information content (AvgIpc) is 2.99. The Morgan fingerprint density at radius 3 is 2.32 bits per heavy atom. The average molecular weight is 346 g/mol. The van der Waals surface area contributed by atoms with Crippen LogP contribution in [0.5, 0.6) is 0 Å². The van der Waals surface area contributed by atoms with Crippen molar-refractivity contribution in [3.05, 3.63) is 60.4 Å². The number of carbonyl (C=O) groups excluding carboxylic acids is 1. The molecule has 0 unspecified atom stereocenters. The number of carbonyl (C=O) groups is 1. The maximum atomic E-state index is 12.6. The lowest BCUT2D eigenvalue weighted by molar-refractivity contribution is -0.167. The molecule has 0 bridgehead atoms. The zero-order valence-electron chi connectivity index (χ0n) is 13.1. The van der Waals surface area contributed by atoms with Crippen LogP contribution in [0.4, 0.5) is 19.0 Å². The van der Waals surface area contributed by atoms with Crippen LogP contribution in [-0.2, 0) is 4.79 Å². The van der Waals surface area contributed by atoms with Gasteiger partial charge in [-0.05, 0) is 31.2 Å². The second kappa shape index (κ2) is 6.39. The molecule has 0 radical (unpaired) electrons. The molecule has 0 saturated heterocycles. The molecule has 2 aromatic heterocycles. The van der Waals surface area contributed by atoms with Crippen molar-refractivity contribution >= 4 is 11.7 Å². The molecule has 1 amide bonds. The summed E-state index contributed by atoms with van der Waals surface area (Å²) in [5.74, 6) is -2.12. The van der Waals surface area contributed by atoms with Gasteiger partial charge in [0.25, 0.3) is 0 Å². The Balaban J connectivity index is 2.06. The number of hydrogen-bond donors (Lipinski definition) is 1. The molecule has 0 spiro atoms. The predicted molar refractivity (Wildman–Crippen MR) is 86.2 cm³/mol. The maximum Gasteiger partial charge on any atom is 0.471 e. The van der Waals surface area contributed by atoms with Crippen LogP contribution in [-0.4, -0.2) is 26.8 Å². The fraction of sp³-hybridized carbons (Fsp3) is 0.118. The first kappa shape index (κ1) is 16.7. The molecule has 0 aliphatic carbocycles. The summed E-state index contributed by atoms with van der Waals surface area (Å²) in [6.07, 6.45) is -1.89. The van der Waals surface area contributed by atoms with E-state index in [4.69, 9.17) is 0 Å². The smallest absolute Gasteiger partial charge is 0.303 e. The van der Waals surface area contributed by atoms with Gasteiger partial charge in [0.15, 0.2) is 0 Å². The lowest BCUT2D eigenvalue weighted by atomic mass is 10.2. The number of halogens is 3. The minimum atomic E-state index is -4.99. The van der Waals surface area contributed by atoms with Gasteiger partial charge in [0.1, 0.15) is 5.82 Å². The number of alkyl halides is 3. The van der Waals surface area contributed by atoms with E-state index in [0.717, 1.165) is 5.56 Å². The van der Waals surface area contributed by atoms with Crippen LogP contribution in [0, 0.1) is 6.92 Å². The summed E-state index contributed by atoms with van der Waals surface area (Å²) in [6, 6.07) is 11.8. The summed E-state index contributed by atoms with van der Waals surface area (Å²) >= 11 is 0. The summed E-state index contributed by atoms with van der Waals surface area (Å²) in [4.78, 5) is 15.2. The quantitative estimate of drug-likeness (QED) is 0.786. The van der Waals surface area contributed by atoms with E-state index in [1.54, 1.807) is 48.8 Å². The van der Waals surface area contributed by atoms with Crippen molar-refractivity contribution in [1.82, 2.24) is 14.8 Å². The van der Waals surface area contributed by atoms with Gasteiger partial charge in [-0.3, -0.25) is 9.78 Å². The van der Waals surface area contributed by atoms with Crippen molar-refractivity contribution in [3.8, 4) is 16.9 Å².